The molecule has 3 aromatic rings. The number of rotatable bonds is 12. The van der Waals surface area contributed by atoms with Crippen LogP contribution in [0.3, 0.4) is 0 Å². The molecular weight excluding hydrogens is 789 g/mol. The highest BCUT2D eigenvalue weighted by Crippen LogP contribution is 2.46. The molecule has 0 aliphatic carbocycles. The van der Waals surface area contributed by atoms with Crippen LogP contribution in [0.25, 0.3) is 10.5 Å². The molecule has 2 aliphatic rings. The van der Waals surface area contributed by atoms with E-state index in [-0.39, 0.29) is 47.0 Å². The first kappa shape index (κ1) is 38.2. The SMILES string of the molecule is CC/C(C=C1Sc2ccccc2N1CCCS(=O)(=O)O)=c1\s/c(=c2/s/c(=C3/SC(=S)N(CC(=O)O)C3=O)n(CC(=O)O)c2=O)n(CC(=O)O)c1=O. The highest BCUT2D eigenvalue weighted by Gasteiger charge is 2.35. The van der Waals surface area contributed by atoms with E-state index in [2.05, 4.69) is 0 Å². The fourth-order valence-corrected chi connectivity index (χ4v) is 10.7. The number of hydrogen-bond donors (Lipinski definition) is 4. The van der Waals surface area contributed by atoms with Crippen molar-refractivity contribution in [3.8, 4) is 0 Å². The number of carbonyl (C=O) groups excluding carboxylic acids is 1. The summed E-state index contributed by atoms with van der Waals surface area (Å²) < 4.78 is 33.2. The van der Waals surface area contributed by atoms with E-state index in [9.17, 15) is 57.1 Å². The maximum absolute atomic E-state index is 13.9. The second-order valence-corrected chi connectivity index (χ2v) is 17.0. The molecular formula is C29H26N4O12S6. The van der Waals surface area contributed by atoms with Crippen molar-refractivity contribution in [1.29, 1.82) is 0 Å². The largest absolute Gasteiger partial charge is 0.480 e. The summed E-state index contributed by atoms with van der Waals surface area (Å²) in [5, 5.41) is 29.2. The Balaban J connectivity index is 1.79. The fourth-order valence-electron chi connectivity index (χ4n) is 5.13. The zero-order valence-corrected chi connectivity index (χ0v) is 31.0. The van der Waals surface area contributed by atoms with Gasteiger partial charge in [-0.05, 0) is 36.6 Å². The van der Waals surface area contributed by atoms with Crippen LogP contribution in [0.5, 0.6) is 0 Å². The highest BCUT2D eigenvalue weighted by molar-refractivity contribution is 8.30. The third-order valence-electron chi connectivity index (χ3n) is 7.28. The van der Waals surface area contributed by atoms with Gasteiger partial charge in [0.1, 0.15) is 42.7 Å². The summed E-state index contributed by atoms with van der Waals surface area (Å²) >= 11 is 8.66. The first-order valence-electron chi connectivity index (χ1n) is 14.6. The number of thiocarbonyl (C=S) groups is 1. The van der Waals surface area contributed by atoms with E-state index in [4.69, 9.17) is 12.2 Å². The van der Waals surface area contributed by atoms with Gasteiger partial charge in [-0.25, -0.2) is 0 Å². The van der Waals surface area contributed by atoms with Crippen molar-refractivity contribution in [2.75, 3.05) is 23.7 Å². The van der Waals surface area contributed by atoms with Crippen molar-refractivity contribution in [2.24, 2.45) is 0 Å². The molecule has 5 rings (SSSR count). The predicted molar refractivity (Wildman–Crippen MR) is 195 cm³/mol. The van der Waals surface area contributed by atoms with Crippen molar-refractivity contribution >= 4 is 113 Å². The van der Waals surface area contributed by atoms with Gasteiger partial charge in [-0.1, -0.05) is 54.8 Å². The number of carbonyl (C=O) groups is 4. The maximum atomic E-state index is 13.9. The van der Waals surface area contributed by atoms with E-state index >= 15 is 0 Å². The standard InChI is InChI=1S/C29H26N4O12S6/c1-2-14(10-17-30(8-5-9-51(43,44)45)15-6-3-4-7-16(15)47-17)21-24(40)31(11-18(34)35)27(48-21)22-25(41)32(12-19(36)37)28(49-22)23-26(42)33(13-20(38)39)29(46)50-23/h3-4,6-7,10H,2,5,8-9,11-13H2,1H3,(H,34,35)(H,36,37)(H,38,39)(H,43,44,45)/b17-10?,21-14+,27-22+,28-23+. The molecule has 22 heteroatoms. The van der Waals surface area contributed by atoms with Gasteiger partial charge >= 0.3 is 17.9 Å². The third kappa shape index (κ3) is 8.21. The highest BCUT2D eigenvalue weighted by atomic mass is 32.2. The summed E-state index contributed by atoms with van der Waals surface area (Å²) in [7, 11) is -4.22. The maximum Gasteiger partial charge on any atom is 0.323 e. The summed E-state index contributed by atoms with van der Waals surface area (Å²) in [5.41, 5.74) is -0.427. The Morgan fingerprint density at radius 3 is 2.10 bits per heavy atom. The number of aromatic nitrogens is 2. The van der Waals surface area contributed by atoms with Crippen molar-refractivity contribution < 1.29 is 47.5 Å². The lowest BCUT2D eigenvalue weighted by atomic mass is 10.2. The van der Waals surface area contributed by atoms with Crippen LogP contribution in [0.1, 0.15) is 19.8 Å². The molecule has 16 nitrogen and oxygen atoms in total. The molecule has 0 unspecified atom stereocenters. The van der Waals surface area contributed by atoms with Crippen LogP contribution >= 0.6 is 58.4 Å². The summed E-state index contributed by atoms with van der Waals surface area (Å²) in [6.45, 7) is -0.564. The van der Waals surface area contributed by atoms with Crippen LogP contribution < -0.4 is 25.2 Å². The molecule has 270 valence electrons. The smallest absolute Gasteiger partial charge is 0.323 e. The molecule has 4 heterocycles. The molecule has 1 saturated heterocycles. The Morgan fingerprint density at radius 1 is 0.863 bits per heavy atom. The van der Waals surface area contributed by atoms with Crippen LogP contribution in [-0.4, -0.2) is 89.3 Å². The van der Waals surface area contributed by atoms with Gasteiger partial charge in [-0.3, -0.25) is 47.4 Å². The number of anilines is 1. The van der Waals surface area contributed by atoms with Crippen molar-refractivity contribution in [2.45, 2.75) is 37.8 Å². The molecule has 2 aliphatic heterocycles. The molecule has 0 atom stereocenters. The Kier molecular flexibility index (Phi) is 11.4. The number of aliphatic carboxylic acids is 3. The number of thiazole rings is 2. The Bertz CT molecular complexity index is 2500. The van der Waals surface area contributed by atoms with Gasteiger partial charge in [-0.15, -0.1) is 22.7 Å². The topological polar surface area (TPSA) is 234 Å². The van der Waals surface area contributed by atoms with E-state index < -0.39 is 70.4 Å². The summed E-state index contributed by atoms with van der Waals surface area (Å²) in [6.07, 6.45) is 2.06. The lowest BCUT2D eigenvalue weighted by Gasteiger charge is -2.20. The molecule has 0 bridgehead atoms. The molecule has 0 saturated carbocycles. The first-order valence-corrected chi connectivity index (χ1v) is 19.9. The Morgan fingerprint density at radius 2 is 1.49 bits per heavy atom. The minimum Gasteiger partial charge on any atom is -0.480 e. The molecule has 51 heavy (non-hydrogen) atoms. The van der Waals surface area contributed by atoms with Crippen molar-refractivity contribution in [1.82, 2.24) is 14.0 Å². The number of hydrogen-bond acceptors (Lipinski definition) is 14. The molecule has 0 radical (unpaired) electrons. The van der Waals surface area contributed by atoms with Crippen LogP contribution in [0.15, 0.2) is 49.9 Å². The van der Waals surface area contributed by atoms with E-state index in [0.717, 1.165) is 36.0 Å². The monoisotopic (exact) mass is 814 g/mol. The van der Waals surface area contributed by atoms with E-state index in [1.54, 1.807) is 19.1 Å². The minimum absolute atomic E-state index is 0.0857. The lowest BCUT2D eigenvalue weighted by molar-refractivity contribution is -0.140. The number of thioether (sulfide) groups is 2. The second-order valence-electron chi connectivity index (χ2n) is 10.7. The van der Waals surface area contributed by atoms with Crippen LogP contribution in [0.2, 0.25) is 0 Å². The lowest BCUT2D eigenvalue weighted by Crippen LogP contribution is -2.35. The quantitative estimate of drug-likeness (QED) is 0.147. The van der Waals surface area contributed by atoms with Gasteiger partial charge in [0.15, 0.2) is 0 Å². The average molecular weight is 815 g/mol. The first-order chi connectivity index (χ1) is 24.0. The van der Waals surface area contributed by atoms with Gasteiger partial charge < -0.3 is 20.2 Å². The zero-order valence-electron chi connectivity index (χ0n) is 26.1. The van der Waals surface area contributed by atoms with Crippen LogP contribution in [0, 0.1) is 9.20 Å². The number of carboxylic acids is 3. The molecule has 1 amide bonds. The van der Waals surface area contributed by atoms with Gasteiger partial charge in [0.25, 0.3) is 27.1 Å². The minimum atomic E-state index is -4.22. The number of carboxylic acid groups (broad SMARTS) is 3. The molecule has 4 N–H and O–H groups in total. The number of allylic oxidation sites excluding steroid dienone is 1. The number of para-hydroxylation sites is 1. The zero-order chi connectivity index (χ0) is 37.4. The Hall–Kier alpha value is -4.06. The number of amides is 1. The van der Waals surface area contributed by atoms with Gasteiger partial charge in [-0.2, -0.15) is 8.42 Å². The van der Waals surface area contributed by atoms with Crippen molar-refractivity contribution in [3.63, 3.8) is 0 Å². The van der Waals surface area contributed by atoms with E-state index in [1.807, 2.05) is 23.1 Å². The van der Waals surface area contributed by atoms with Gasteiger partial charge in [0, 0.05) is 11.4 Å². The van der Waals surface area contributed by atoms with E-state index in [1.165, 1.54) is 11.8 Å². The van der Waals surface area contributed by atoms with Crippen LogP contribution in [0.4, 0.5) is 5.69 Å². The van der Waals surface area contributed by atoms with Crippen molar-refractivity contribution in [3.05, 3.63) is 74.5 Å². The summed E-state index contributed by atoms with van der Waals surface area (Å²) in [4.78, 5) is 79.4. The fraction of sp³-hybridized carbons (Fsp3) is 0.276. The summed E-state index contributed by atoms with van der Waals surface area (Å²) in [6, 6.07) is 7.32. The number of fused-ring (bicyclic) bond motifs is 1. The third-order valence-corrected chi connectivity index (χ3v) is 13.3. The Labute approximate surface area is 308 Å². The number of benzene rings is 1. The molecule has 1 fully saturated rings. The average Bonchev–Trinajstić information content (AvgIpc) is 3.73. The number of nitrogens with zero attached hydrogens (tertiary/aromatic N) is 4. The molecule has 2 aromatic heterocycles. The normalized spacial score (nSPS) is 17.7. The summed E-state index contributed by atoms with van der Waals surface area (Å²) in [5.74, 6) is -5.54. The van der Waals surface area contributed by atoms with E-state index in [0.29, 0.717) is 33.7 Å². The predicted octanol–water partition coefficient (Wildman–Crippen LogP) is 0.935. The molecule has 0 spiro atoms. The van der Waals surface area contributed by atoms with Gasteiger partial charge in [0.2, 0.25) is 0 Å². The second kappa shape index (κ2) is 15.3. The van der Waals surface area contributed by atoms with Gasteiger partial charge in [0.05, 0.1) is 21.0 Å². The molecule has 1 aromatic carbocycles. The van der Waals surface area contributed by atoms with Crippen LogP contribution in [-0.2, 0) is 42.4 Å².